The molecule has 1 aromatic carbocycles. The minimum absolute atomic E-state index is 0.00123. The van der Waals surface area contributed by atoms with Crippen molar-refractivity contribution in [2.75, 3.05) is 13.1 Å². The van der Waals surface area contributed by atoms with Gasteiger partial charge in [-0.05, 0) is 25.0 Å². The Labute approximate surface area is 129 Å². The summed E-state index contributed by atoms with van der Waals surface area (Å²) in [6.07, 6.45) is 2.82. The third-order valence-electron chi connectivity index (χ3n) is 4.66. The van der Waals surface area contributed by atoms with Crippen LogP contribution < -0.4 is 0 Å². The van der Waals surface area contributed by atoms with Gasteiger partial charge in [0.2, 0.25) is 5.91 Å². The predicted molar refractivity (Wildman–Crippen MR) is 83.6 cm³/mol. The maximum absolute atomic E-state index is 12.5. The number of aromatic nitrogens is 1. The fourth-order valence-electron chi connectivity index (χ4n) is 3.19. The van der Waals surface area contributed by atoms with Crippen LogP contribution in [0.2, 0.25) is 0 Å². The van der Waals surface area contributed by atoms with Crippen LogP contribution in [-0.2, 0) is 23.1 Å². The van der Waals surface area contributed by atoms with Gasteiger partial charge in [-0.1, -0.05) is 18.2 Å². The molecule has 1 aromatic heterocycles. The summed E-state index contributed by atoms with van der Waals surface area (Å²) in [5.41, 5.74) is 1.28. The number of carboxylic acid groups (broad SMARTS) is 1. The van der Waals surface area contributed by atoms with Crippen LogP contribution in [0.3, 0.4) is 0 Å². The molecule has 1 saturated heterocycles. The molecule has 0 radical (unpaired) electrons. The zero-order valence-electron chi connectivity index (χ0n) is 12.9. The molecule has 1 aliphatic rings. The van der Waals surface area contributed by atoms with Gasteiger partial charge >= 0.3 is 5.97 Å². The number of nitrogens with zero attached hydrogens (tertiary/aromatic N) is 2. The zero-order chi connectivity index (χ0) is 15.9. The van der Waals surface area contributed by atoms with E-state index in [1.165, 1.54) is 0 Å². The van der Waals surface area contributed by atoms with Crippen molar-refractivity contribution >= 4 is 22.8 Å². The standard InChI is InChI=1S/C17H20N2O3/c1-17(16(21)22)7-8-19(11-17)15(20)9-12-10-18(2)14-6-4-3-5-13(12)14/h3-6,10H,7-9,11H2,1-2H3,(H,21,22)/t17-/m1/s1. The first-order valence-electron chi connectivity index (χ1n) is 7.45. The van der Waals surface area contributed by atoms with E-state index in [-0.39, 0.29) is 5.91 Å². The Hall–Kier alpha value is -2.30. The van der Waals surface area contributed by atoms with Crippen molar-refractivity contribution in [3.63, 3.8) is 0 Å². The van der Waals surface area contributed by atoms with E-state index in [4.69, 9.17) is 0 Å². The number of fused-ring (bicyclic) bond motifs is 1. The Morgan fingerprint density at radius 1 is 1.32 bits per heavy atom. The number of rotatable bonds is 3. The van der Waals surface area contributed by atoms with Crippen LogP contribution >= 0.6 is 0 Å². The first-order chi connectivity index (χ1) is 10.4. The minimum atomic E-state index is -0.826. The molecule has 0 bridgehead atoms. The van der Waals surface area contributed by atoms with E-state index in [1.807, 2.05) is 42.1 Å². The van der Waals surface area contributed by atoms with Gasteiger partial charge in [0.05, 0.1) is 11.8 Å². The quantitative estimate of drug-likeness (QED) is 0.943. The molecule has 0 aliphatic carbocycles. The molecule has 1 N–H and O–H groups in total. The van der Waals surface area contributed by atoms with Gasteiger partial charge in [-0.2, -0.15) is 0 Å². The molecule has 1 amide bonds. The third kappa shape index (κ3) is 2.36. The van der Waals surface area contributed by atoms with Crippen LogP contribution in [0, 0.1) is 5.41 Å². The van der Waals surface area contributed by atoms with Gasteiger partial charge < -0.3 is 14.6 Å². The Balaban J connectivity index is 1.79. The average Bonchev–Trinajstić information content (AvgIpc) is 3.03. The Morgan fingerprint density at radius 3 is 2.73 bits per heavy atom. The molecule has 2 heterocycles. The highest BCUT2D eigenvalue weighted by Crippen LogP contribution is 2.31. The normalized spacial score (nSPS) is 21.5. The van der Waals surface area contributed by atoms with Crippen LogP contribution in [0.5, 0.6) is 0 Å². The lowest BCUT2D eigenvalue weighted by atomic mass is 9.90. The van der Waals surface area contributed by atoms with E-state index in [0.29, 0.717) is 25.9 Å². The fraction of sp³-hybridized carbons (Fsp3) is 0.412. The molecule has 0 unspecified atom stereocenters. The summed E-state index contributed by atoms with van der Waals surface area (Å²) in [5.74, 6) is -0.825. The van der Waals surface area contributed by atoms with Gasteiger partial charge in [0.1, 0.15) is 0 Å². The van der Waals surface area contributed by atoms with E-state index in [2.05, 4.69) is 0 Å². The minimum Gasteiger partial charge on any atom is -0.481 e. The number of amides is 1. The van der Waals surface area contributed by atoms with Gasteiger partial charge in [-0.3, -0.25) is 9.59 Å². The molecule has 0 saturated carbocycles. The molecule has 1 aliphatic heterocycles. The second-order valence-electron chi connectivity index (χ2n) is 6.39. The highest BCUT2D eigenvalue weighted by atomic mass is 16.4. The van der Waals surface area contributed by atoms with Crippen molar-refractivity contribution < 1.29 is 14.7 Å². The summed E-state index contributed by atoms with van der Waals surface area (Å²) in [4.78, 5) is 25.5. The maximum Gasteiger partial charge on any atom is 0.311 e. The summed E-state index contributed by atoms with van der Waals surface area (Å²) >= 11 is 0. The van der Waals surface area contributed by atoms with Crippen LogP contribution in [0.25, 0.3) is 10.9 Å². The van der Waals surface area contributed by atoms with Crippen LogP contribution in [0.1, 0.15) is 18.9 Å². The molecule has 5 nitrogen and oxygen atoms in total. The number of hydrogen-bond donors (Lipinski definition) is 1. The predicted octanol–water partition coefficient (Wildman–Crippen LogP) is 2.04. The Bertz CT molecular complexity index is 749. The SMILES string of the molecule is Cn1cc(CC(=O)N2CC[C@@](C)(C(=O)O)C2)c2ccccc21. The molecular formula is C17H20N2O3. The summed E-state index contributed by atoms with van der Waals surface area (Å²) in [7, 11) is 1.97. The monoisotopic (exact) mass is 300 g/mol. The summed E-state index contributed by atoms with van der Waals surface area (Å²) in [6.45, 7) is 2.53. The lowest BCUT2D eigenvalue weighted by molar-refractivity contribution is -0.147. The Kier molecular flexibility index (Phi) is 3.43. The van der Waals surface area contributed by atoms with Crippen molar-refractivity contribution in [3.8, 4) is 0 Å². The van der Waals surface area contributed by atoms with E-state index in [1.54, 1.807) is 11.8 Å². The van der Waals surface area contributed by atoms with Gasteiger partial charge in [0.15, 0.2) is 0 Å². The van der Waals surface area contributed by atoms with Crippen molar-refractivity contribution in [2.45, 2.75) is 19.8 Å². The van der Waals surface area contributed by atoms with Gasteiger partial charge in [-0.25, -0.2) is 0 Å². The molecule has 22 heavy (non-hydrogen) atoms. The van der Waals surface area contributed by atoms with Crippen molar-refractivity contribution in [1.29, 1.82) is 0 Å². The number of carboxylic acids is 1. The molecule has 0 spiro atoms. The topological polar surface area (TPSA) is 62.5 Å². The largest absolute Gasteiger partial charge is 0.481 e. The van der Waals surface area contributed by atoms with Gasteiger partial charge in [0, 0.05) is 37.2 Å². The fourth-order valence-corrected chi connectivity index (χ4v) is 3.19. The number of aliphatic carboxylic acids is 1. The van der Waals surface area contributed by atoms with E-state index < -0.39 is 11.4 Å². The zero-order valence-corrected chi connectivity index (χ0v) is 12.9. The lowest BCUT2D eigenvalue weighted by Gasteiger charge is -2.20. The molecule has 3 rings (SSSR count). The number of carbonyl (C=O) groups excluding carboxylic acids is 1. The van der Waals surface area contributed by atoms with Crippen molar-refractivity contribution in [1.82, 2.24) is 9.47 Å². The first-order valence-corrected chi connectivity index (χ1v) is 7.45. The molecule has 5 heteroatoms. The number of aryl methyl sites for hydroxylation is 1. The molecule has 1 atom stereocenters. The number of carbonyl (C=O) groups is 2. The van der Waals surface area contributed by atoms with Gasteiger partial charge in [0.25, 0.3) is 0 Å². The van der Waals surface area contributed by atoms with Crippen LogP contribution in [0.15, 0.2) is 30.5 Å². The van der Waals surface area contributed by atoms with Crippen molar-refractivity contribution in [2.24, 2.45) is 12.5 Å². The maximum atomic E-state index is 12.5. The van der Waals surface area contributed by atoms with Crippen LogP contribution in [-0.4, -0.2) is 39.5 Å². The second kappa shape index (κ2) is 5.16. The van der Waals surface area contributed by atoms with Crippen molar-refractivity contribution in [3.05, 3.63) is 36.0 Å². The second-order valence-corrected chi connectivity index (χ2v) is 6.39. The summed E-state index contributed by atoms with van der Waals surface area (Å²) in [5, 5.41) is 10.3. The highest BCUT2D eigenvalue weighted by Gasteiger charge is 2.42. The molecule has 1 fully saturated rings. The van der Waals surface area contributed by atoms with Gasteiger partial charge in [-0.15, -0.1) is 0 Å². The number of hydrogen-bond acceptors (Lipinski definition) is 2. The first kappa shape index (κ1) is 14.6. The van der Waals surface area contributed by atoms with E-state index >= 15 is 0 Å². The highest BCUT2D eigenvalue weighted by molar-refractivity contribution is 5.90. The average molecular weight is 300 g/mol. The number of para-hydroxylation sites is 1. The number of likely N-dealkylation sites (tertiary alicyclic amines) is 1. The summed E-state index contributed by atoms with van der Waals surface area (Å²) < 4.78 is 2.02. The lowest BCUT2D eigenvalue weighted by Crippen LogP contribution is -2.35. The molecule has 2 aromatic rings. The smallest absolute Gasteiger partial charge is 0.311 e. The molecule has 116 valence electrons. The van der Waals surface area contributed by atoms with Crippen LogP contribution in [0.4, 0.5) is 0 Å². The number of benzene rings is 1. The molecular weight excluding hydrogens is 280 g/mol. The Morgan fingerprint density at radius 2 is 2.05 bits per heavy atom. The third-order valence-corrected chi connectivity index (χ3v) is 4.66. The van der Waals surface area contributed by atoms with E-state index in [9.17, 15) is 14.7 Å². The summed E-state index contributed by atoms with van der Waals surface area (Å²) in [6, 6.07) is 7.99. The van der Waals surface area contributed by atoms with E-state index in [0.717, 1.165) is 16.5 Å².